The van der Waals surface area contributed by atoms with Gasteiger partial charge in [-0.25, -0.2) is 0 Å². The van der Waals surface area contributed by atoms with E-state index in [0.717, 1.165) is 59.9 Å². The highest BCUT2D eigenvalue weighted by molar-refractivity contribution is 5.92. The van der Waals surface area contributed by atoms with Gasteiger partial charge in [0.05, 0.1) is 5.69 Å². The Balaban J connectivity index is 1.52. The Morgan fingerprint density at radius 1 is 1.18 bits per heavy atom. The Labute approximate surface area is 202 Å². The van der Waals surface area contributed by atoms with Crippen molar-refractivity contribution in [2.24, 2.45) is 11.8 Å². The van der Waals surface area contributed by atoms with E-state index >= 15 is 0 Å². The van der Waals surface area contributed by atoms with E-state index < -0.39 is 5.97 Å². The van der Waals surface area contributed by atoms with Crippen molar-refractivity contribution in [3.63, 3.8) is 0 Å². The summed E-state index contributed by atoms with van der Waals surface area (Å²) in [5, 5.41) is 16.9. The zero-order valence-electron chi connectivity index (χ0n) is 20.9. The highest BCUT2D eigenvalue weighted by atomic mass is 16.5. The molecule has 2 aromatic rings. The fourth-order valence-electron chi connectivity index (χ4n) is 5.43. The number of nitrogens with zero attached hydrogens (tertiary/aromatic N) is 1. The van der Waals surface area contributed by atoms with Crippen molar-refractivity contribution >= 4 is 17.6 Å². The summed E-state index contributed by atoms with van der Waals surface area (Å²) >= 11 is 0. The van der Waals surface area contributed by atoms with Crippen molar-refractivity contribution in [3.05, 3.63) is 46.3 Å². The Bertz CT molecular complexity index is 1030. The van der Waals surface area contributed by atoms with Crippen LogP contribution in [0.15, 0.2) is 22.7 Å². The summed E-state index contributed by atoms with van der Waals surface area (Å²) in [6.07, 6.45) is 6.34. The highest BCUT2D eigenvalue weighted by Gasteiger charge is 2.41. The topological polar surface area (TPSA) is 92.4 Å². The number of hydrogen-bond donors (Lipinski definition) is 2. The third kappa shape index (κ3) is 5.89. The summed E-state index contributed by atoms with van der Waals surface area (Å²) in [5.74, 6) is 2.07. The van der Waals surface area contributed by atoms with E-state index in [4.69, 9.17) is 4.52 Å². The molecule has 0 aliphatic heterocycles. The van der Waals surface area contributed by atoms with E-state index in [0.29, 0.717) is 24.2 Å². The second-order valence-corrected chi connectivity index (χ2v) is 11.0. The van der Waals surface area contributed by atoms with Gasteiger partial charge in [0.15, 0.2) is 0 Å². The molecule has 2 N–H and O–H groups in total. The largest absolute Gasteiger partial charge is 0.481 e. The fourth-order valence-corrected chi connectivity index (χ4v) is 5.43. The lowest BCUT2D eigenvalue weighted by Crippen LogP contribution is -2.24. The van der Waals surface area contributed by atoms with Crippen LogP contribution in [-0.4, -0.2) is 22.1 Å². The molecule has 2 aliphatic carbocycles. The first-order valence-corrected chi connectivity index (χ1v) is 12.8. The molecule has 1 amide bonds. The molecule has 34 heavy (non-hydrogen) atoms. The third-order valence-electron chi connectivity index (χ3n) is 7.37. The van der Waals surface area contributed by atoms with Gasteiger partial charge in [-0.15, -0.1) is 0 Å². The van der Waals surface area contributed by atoms with Gasteiger partial charge in [0.25, 0.3) is 0 Å². The Morgan fingerprint density at radius 3 is 2.56 bits per heavy atom. The van der Waals surface area contributed by atoms with Crippen molar-refractivity contribution in [1.29, 1.82) is 0 Å². The van der Waals surface area contributed by atoms with Crippen LogP contribution in [0.5, 0.6) is 0 Å². The molecule has 1 unspecified atom stereocenters. The number of nitrogens with one attached hydrogen (secondary N) is 1. The van der Waals surface area contributed by atoms with Crippen molar-refractivity contribution in [3.8, 4) is 0 Å². The first-order valence-electron chi connectivity index (χ1n) is 12.8. The Kier molecular flexibility index (Phi) is 7.44. The summed E-state index contributed by atoms with van der Waals surface area (Å²) < 4.78 is 5.95. The number of anilines is 1. The molecule has 2 saturated carbocycles. The number of aromatic nitrogens is 1. The maximum atomic E-state index is 13.0. The van der Waals surface area contributed by atoms with Crippen LogP contribution in [-0.2, 0) is 9.59 Å². The van der Waals surface area contributed by atoms with Gasteiger partial charge in [-0.2, -0.15) is 0 Å². The number of aryl methyl sites for hydroxylation is 2. The monoisotopic (exact) mass is 466 g/mol. The number of aliphatic carboxylic acids is 1. The van der Waals surface area contributed by atoms with Crippen LogP contribution in [0, 0.1) is 25.7 Å². The first kappa shape index (κ1) is 24.5. The number of benzene rings is 1. The molecule has 1 aromatic carbocycles. The van der Waals surface area contributed by atoms with Gasteiger partial charge in [-0.05, 0) is 87.3 Å². The smallest absolute Gasteiger partial charge is 0.303 e. The van der Waals surface area contributed by atoms with Crippen molar-refractivity contribution in [2.75, 3.05) is 5.32 Å². The minimum atomic E-state index is -0.854. The standard InChI is InChI=1S/C28H38N2O4/c1-16(2)11-19-13-22(14-19)28-26(20-7-8-20)27(30-34-28)21(9-10-25(32)33)15-24(31)29-23-12-17(3)5-6-18(23)4/h5-6,12,16,19-22H,7-11,13-15H2,1-4H3,(H,29,31)(H,32,33). The van der Waals surface area contributed by atoms with Crippen LogP contribution >= 0.6 is 0 Å². The molecular weight excluding hydrogens is 428 g/mol. The van der Waals surface area contributed by atoms with E-state index in [1.807, 2.05) is 32.0 Å². The number of rotatable bonds is 11. The van der Waals surface area contributed by atoms with Crippen LogP contribution in [0.4, 0.5) is 5.69 Å². The molecule has 0 radical (unpaired) electrons. The Morgan fingerprint density at radius 2 is 1.91 bits per heavy atom. The normalized spacial score (nSPS) is 20.7. The lowest BCUT2D eigenvalue weighted by molar-refractivity contribution is -0.137. The number of hydrogen-bond acceptors (Lipinski definition) is 4. The highest BCUT2D eigenvalue weighted by Crippen LogP contribution is 2.52. The van der Waals surface area contributed by atoms with E-state index in [1.54, 1.807) is 0 Å². The van der Waals surface area contributed by atoms with Gasteiger partial charge in [-0.1, -0.05) is 31.1 Å². The van der Waals surface area contributed by atoms with Gasteiger partial charge < -0.3 is 14.9 Å². The number of carbonyl (C=O) groups excluding carboxylic acids is 1. The number of carbonyl (C=O) groups is 2. The molecular formula is C28H38N2O4. The van der Waals surface area contributed by atoms with E-state index in [-0.39, 0.29) is 24.7 Å². The van der Waals surface area contributed by atoms with Gasteiger partial charge in [0.2, 0.25) is 5.91 Å². The maximum Gasteiger partial charge on any atom is 0.303 e. The summed E-state index contributed by atoms with van der Waals surface area (Å²) in [6.45, 7) is 8.50. The predicted octanol–water partition coefficient (Wildman–Crippen LogP) is 6.69. The quantitative estimate of drug-likeness (QED) is 0.385. The molecule has 0 saturated heterocycles. The summed E-state index contributed by atoms with van der Waals surface area (Å²) in [6, 6.07) is 5.98. The second kappa shape index (κ2) is 10.3. The second-order valence-electron chi connectivity index (χ2n) is 11.0. The Hall–Kier alpha value is -2.63. The molecule has 2 fully saturated rings. The van der Waals surface area contributed by atoms with Gasteiger partial charge in [0.1, 0.15) is 5.76 Å². The number of carboxylic acids is 1. The average molecular weight is 467 g/mol. The predicted molar refractivity (Wildman–Crippen MR) is 132 cm³/mol. The van der Waals surface area contributed by atoms with Crippen LogP contribution in [0.25, 0.3) is 0 Å². The molecule has 1 aromatic heterocycles. The van der Waals surface area contributed by atoms with E-state index in [2.05, 4.69) is 24.3 Å². The molecule has 6 heteroatoms. The van der Waals surface area contributed by atoms with Gasteiger partial charge >= 0.3 is 5.97 Å². The lowest BCUT2D eigenvalue weighted by Gasteiger charge is -2.35. The van der Waals surface area contributed by atoms with Crippen LogP contribution in [0.1, 0.15) is 111 Å². The summed E-state index contributed by atoms with van der Waals surface area (Å²) in [5.41, 5.74) is 4.89. The molecule has 4 rings (SSSR count). The minimum absolute atomic E-state index is 0.00755. The van der Waals surface area contributed by atoms with Crippen LogP contribution in [0.2, 0.25) is 0 Å². The fraction of sp³-hybridized carbons (Fsp3) is 0.607. The van der Waals surface area contributed by atoms with Gasteiger partial charge in [-0.3, -0.25) is 9.59 Å². The lowest BCUT2D eigenvalue weighted by atomic mass is 9.69. The molecule has 1 atom stereocenters. The molecule has 184 valence electrons. The summed E-state index contributed by atoms with van der Waals surface area (Å²) in [4.78, 5) is 24.4. The van der Waals surface area contributed by atoms with Crippen LogP contribution < -0.4 is 5.32 Å². The minimum Gasteiger partial charge on any atom is -0.481 e. The van der Waals surface area contributed by atoms with E-state index in [1.165, 1.54) is 12.0 Å². The average Bonchev–Trinajstić information content (AvgIpc) is 3.49. The third-order valence-corrected chi connectivity index (χ3v) is 7.37. The van der Waals surface area contributed by atoms with Crippen LogP contribution in [0.3, 0.4) is 0 Å². The van der Waals surface area contributed by atoms with Crippen molar-refractivity contribution < 1.29 is 19.2 Å². The molecule has 1 heterocycles. The van der Waals surface area contributed by atoms with Gasteiger partial charge in [0, 0.05) is 35.9 Å². The molecule has 2 aliphatic rings. The molecule has 6 nitrogen and oxygen atoms in total. The SMILES string of the molecule is Cc1ccc(C)c(NC(=O)CC(CCC(=O)O)c2noc(C3CC(CC(C)C)C3)c2C2CC2)c1. The number of amides is 1. The first-order chi connectivity index (χ1) is 16.2. The zero-order chi connectivity index (χ0) is 24.4. The van der Waals surface area contributed by atoms with E-state index in [9.17, 15) is 14.7 Å². The number of carboxylic acid groups (broad SMARTS) is 1. The zero-order valence-corrected chi connectivity index (χ0v) is 20.9. The summed E-state index contributed by atoms with van der Waals surface area (Å²) in [7, 11) is 0. The van der Waals surface area contributed by atoms with Crippen molar-refractivity contribution in [2.45, 2.75) is 96.8 Å². The molecule has 0 spiro atoms. The maximum absolute atomic E-state index is 13.0. The molecule has 0 bridgehead atoms. The van der Waals surface area contributed by atoms with Crippen molar-refractivity contribution in [1.82, 2.24) is 5.16 Å².